The molecule has 1 saturated heterocycles. The normalized spacial score (nSPS) is 15.1. The second kappa shape index (κ2) is 8.48. The first kappa shape index (κ1) is 18.6. The number of Topliss-reactive ketones (excluding diaryl/α,β-unsaturated/α-hetero) is 1. The smallest absolute Gasteiger partial charge is 0.162 e. The maximum absolute atomic E-state index is 13.0. The van der Waals surface area contributed by atoms with Crippen LogP contribution < -0.4 is 4.90 Å². The van der Waals surface area contributed by atoms with Gasteiger partial charge in [0.2, 0.25) is 0 Å². The summed E-state index contributed by atoms with van der Waals surface area (Å²) >= 11 is 0. The van der Waals surface area contributed by atoms with Crippen LogP contribution in [-0.4, -0.2) is 48.4 Å². The number of rotatable bonds is 6. The highest BCUT2D eigenvalue weighted by atomic mass is 19.1. The second-order valence-corrected chi connectivity index (χ2v) is 7.22. The number of hydrogen-bond donors (Lipinski definition) is 0. The van der Waals surface area contributed by atoms with Crippen molar-refractivity contribution < 1.29 is 9.18 Å². The summed E-state index contributed by atoms with van der Waals surface area (Å²) in [6.45, 7) is 4.72. The molecule has 0 saturated carbocycles. The lowest BCUT2D eigenvalue weighted by Crippen LogP contribution is -2.47. The highest BCUT2D eigenvalue weighted by molar-refractivity contribution is 5.96. The zero-order chi connectivity index (χ0) is 19.3. The van der Waals surface area contributed by atoms with E-state index < -0.39 is 0 Å². The predicted molar refractivity (Wildman–Crippen MR) is 110 cm³/mol. The first-order chi connectivity index (χ1) is 13.7. The zero-order valence-corrected chi connectivity index (χ0v) is 15.9. The molecule has 0 aliphatic carbocycles. The van der Waals surface area contributed by atoms with Gasteiger partial charge in [0.25, 0.3) is 0 Å². The van der Waals surface area contributed by atoms with Gasteiger partial charge in [-0.1, -0.05) is 24.3 Å². The fourth-order valence-electron chi connectivity index (χ4n) is 3.78. The highest BCUT2D eigenvalue weighted by Gasteiger charge is 2.19. The first-order valence-corrected chi connectivity index (χ1v) is 9.80. The number of nitrogens with zero attached hydrogens (tertiary/aromatic N) is 3. The molecule has 0 radical (unpaired) electrons. The molecule has 144 valence electrons. The maximum atomic E-state index is 13.0. The molecule has 0 bridgehead atoms. The van der Waals surface area contributed by atoms with Gasteiger partial charge in [0, 0.05) is 49.7 Å². The fraction of sp³-hybridized carbons (Fsp3) is 0.304. The van der Waals surface area contributed by atoms with Crippen molar-refractivity contribution in [1.29, 1.82) is 0 Å². The number of benzene rings is 2. The standard InChI is InChI=1S/C23H24FN3O/c24-20-9-7-19(8-10-20)22(28)6-3-13-26-14-16-27(17-15-26)23-21-5-2-1-4-18(21)11-12-25-23/h1-2,4-5,7-12H,3,6,13-17H2. The molecule has 3 aromatic rings. The first-order valence-electron chi connectivity index (χ1n) is 9.80. The van der Waals surface area contributed by atoms with Crippen molar-refractivity contribution in [2.24, 2.45) is 0 Å². The van der Waals surface area contributed by atoms with Gasteiger partial charge in [0.1, 0.15) is 11.6 Å². The van der Waals surface area contributed by atoms with Gasteiger partial charge >= 0.3 is 0 Å². The quantitative estimate of drug-likeness (QED) is 0.605. The molecule has 4 nitrogen and oxygen atoms in total. The van der Waals surface area contributed by atoms with Crippen molar-refractivity contribution >= 4 is 22.4 Å². The molecule has 0 spiro atoms. The monoisotopic (exact) mass is 377 g/mol. The molecular weight excluding hydrogens is 353 g/mol. The van der Waals surface area contributed by atoms with Gasteiger partial charge in [-0.15, -0.1) is 0 Å². The molecule has 1 aliphatic rings. The third kappa shape index (κ3) is 4.20. The number of pyridine rings is 1. The van der Waals surface area contributed by atoms with Crippen LogP contribution >= 0.6 is 0 Å². The van der Waals surface area contributed by atoms with E-state index in [9.17, 15) is 9.18 Å². The molecule has 1 aromatic heterocycles. The number of ketones is 1. The average Bonchev–Trinajstić information content (AvgIpc) is 2.74. The van der Waals surface area contributed by atoms with Gasteiger partial charge in [-0.2, -0.15) is 0 Å². The highest BCUT2D eigenvalue weighted by Crippen LogP contribution is 2.25. The van der Waals surface area contributed by atoms with Crippen LogP contribution in [0.1, 0.15) is 23.2 Å². The Morgan fingerprint density at radius 3 is 2.50 bits per heavy atom. The lowest BCUT2D eigenvalue weighted by Gasteiger charge is -2.35. The van der Waals surface area contributed by atoms with E-state index in [-0.39, 0.29) is 11.6 Å². The summed E-state index contributed by atoms with van der Waals surface area (Å²) in [4.78, 5) is 21.6. The lowest BCUT2D eigenvalue weighted by molar-refractivity contribution is 0.0974. The van der Waals surface area contributed by atoms with Crippen molar-refractivity contribution in [3.05, 3.63) is 72.2 Å². The van der Waals surface area contributed by atoms with Crippen molar-refractivity contribution in [2.75, 3.05) is 37.6 Å². The Labute approximate surface area is 164 Å². The van der Waals surface area contributed by atoms with Gasteiger partial charge in [-0.25, -0.2) is 9.37 Å². The van der Waals surface area contributed by atoms with E-state index in [1.165, 1.54) is 22.9 Å². The number of aromatic nitrogens is 1. The summed E-state index contributed by atoms with van der Waals surface area (Å²) in [6.07, 6.45) is 3.20. The number of carbonyl (C=O) groups is 1. The lowest BCUT2D eigenvalue weighted by atomic mass is 10.1. The summed E-state index contributed by atoms with van der Waals surface area (Å²) in [5.74, 6) is 0.831. The summed E-state index contributed by atoms with van der Waals surface area (Å²) in [5.41, 5.74) is 0.591. The summed E-state index contributed by atoms with van der Waals surface area (Å²) in [5, 5.41) is 2.41. The topological polar surface area (TPSA) is 36.4 Å². The largest absolute Gasteiger partial charge is 0.354 e. The van der Waals surface area contributed by atoms with Crippen molar-refractivity contribution in [3.8, 4) is 0 Å². The fourth-order valence-corrected chi connectivity index (χ4v) is 3.78. The number of anilines is 1. The predicted octanol–water partition coefficient (Wildman–Crippen LogP) is 4.16. The molecule has 2 aromatic carbocycles. The van der Waals surface area contributed by atoms with Gasteiger partial charge in [-0.3, -0.25) is 9.69 Å². The second-order valence-electron chi connectivity index (χ2n) is 7.22. The van der Waals surface area contributed by atoms with Gasteiger partial charge < -0.3 is 4.90 Å². The minimum atomic E-state index is -0.310. The van der Waals surface area contributed by atoms with Crippen LogP contribution in [0, 0.1) is 5.82 Å². The number of halogens is 1. The Morgan fingerprint density at radius 1 is 0.964 bits per heavy atom. The van der Waals surface area contributed by atoms with Gasteiger partial charge in [-0.05, 0) is 48.7 Å². The SMILES string of the molecule is O=C(CCCN1CCN(c2nccc3ccccc23)CC1)c1ccc(F)cc1. The Morgan fingerprint density at radius 2 is 1.71 bits per heavy atom. The van der Waals surface area contributed by atoms with Crippen LogP contribution in [-0.2, 0) is 0 Å². The molecule has 0 unspecified atom stereocenters. The average molecular weight is 377 g/mol. The summed E-state index contributed by atoms with van der Waals surface area (Å²) < 4.78 is 13.0. The zero-order valence-electron chi connectivity index (χ0n) is 15.9. The Balaban J connectivity index is 1.27. The van der Waals surface area contributed by atoms with Crippen LogP contribution in [0.2, 0.25) is 0 Å². The van der Waals surface area contributed by atoms with Crippen LogP contribution in [0.25, 0.3) is 10.8 Å². The van der Waals surface area contributed by atoms with Crippen molar-refractivity contribution in [1.82, 2.24) is 9.88 Å². The van der Waals surface area contributed by atoms with E-state index in [1.807, 2.05) is 12.3 Å². The molecule has 0 amide bonds. The molecule has 5 heteroatoms. The van der Waals surface area contributed by atoms with E-state index in [0.29, 0.717) is 12.0 Å². The minimum Gasteiger partial charge on any atom is -0.354 e. The molecule has 1 aliphatic heterocycles. The van der Waals surface area contributed by atoms with E-state index in [4.69, 9.17) is 0 Å². The van der Waals surface area contributed by atoms with E-state index in [1.54, 1.807) is 12.1 Å². The van der Waals surface area contributed by atoms with E-state index in [0.717, 1.165) is 45.0 Å². The van der Waals surface area contributed by atoms with Crippen molar-refractivity contribution in [3.63, 3.8) is 0 Å². The number of piperazine rings is 1. The molecular formula is C23H24FN3O. The Hall–Kier alpha value is -2.79. The Bertz CT molecular complexity index is 944. The van der Waals surface area contributed by atoms with Crippen LogP contribution in [0.3, 0.4) is 0 Å². The third-order valence-electron chi connectivity index (χ3n) is 5.37. The van der Waals surface area contributed by atoms with Gasteiger partial charge in [0.15, 0.2) is 5.78 Å². The number of hydrogen-bond acceptors (Lipinski definition) is 4. The maximum Gasteiger partial charge on any atom is 0.162 e. The van der Waals surface area contributed by atoms with Crippen LogP contribution in [0.4, 0.5) is 10.2 Å². The van der Waals surface area contributed by atoms with Gasteiger partial charge in [0.05, 0.1) is 0 Å². The summed E-state index contributed by atoms with van der Waals surface area (Å²) in [6, 6.07) is 16.2. The van der Waals surface area contributed by atoms with E-state index >= 15 is 0 Å². The molecule has 1 fully saturated rings. The molecule has 2 heterocycles. The minimum absolute atomic E-state index is 0.0820. The molecule has 4 rings (SSSR count). The molecule has 0 N–H and O–H groups in total. The van der Waals surface area contributed by atoms with E-state index in [2.05, 4.69) is 39.0 Å². The number of fused-ring (bicyclic) bond motifs is 1. The van der Waals surface area contributed by atoms with Crippen LogP contribution in [0.15, 0.2) is 60.8 Å². The summed E-state index contributed by atoms with van der Waals surface area (Å²) in [7, 11) is 0. The third-order valence-corrected chi connectivity index (χ3v) is 5.37. The van der Waals surface area contributed by atoms with Crippen molar-refractivity contribution in [2.45, 2.75) is 12.8 Å². The molecule has 0 atom stereocenters. The molecule has 28 heavy (non-hydrogen) atoms. The number of carbonyl (C=O) groups excluding carboxylic acids is 1. The Kier molecular flexibility index (Phi) is 5.63. The van der Waals surface area contributed by atoms with Crippen LogP contribution in [0.5, 0.6) is 0 Å².